The van der Waals surface area contributed by atoms with Crippen LogP contribution in [0.2, 0.25) is 0 Å². The van der Waals surface area contributed by atoms with Crippen LogP contribution in [-0.2, 0) is 20.8 Å². The molecule has 5 heteroatoms. The van der Waals surface area contributed by atoms with Crippen LogP contribution in [0.25, 0.3) is 22.3 Å². The minimum atomic E-state index is -4.54. The maximum absolute atomic E-state index is 13.8. The van der Waals surface area contributed by atoms with Crippen LogP contribution in [0.4, 0.5) is 0 Å². The van der Waals surface area contributed by atoms with E-state index in [9.17, 15) is 9.46 Å². The van der Waals surface area contributed by atoms with Crippen molar-refractivity contribution < 1.29 is 18.5 Å². The summed E-state index contributed by atoms with van der Waals surface area (Å²) in [6.45, 7) is 9.09. The predicted octanol–water partition coefficient (Wildman–Crippen LogP) is 8.54. The third kappa shape index (κ3) is 3.23. The van der Waals surface area contributed by atoms with Crippen molar-refractivity contribution in [3.8, 4) is 33.8 Å². The molecule has 0 amide bonds. The number of benzene rings is 4. The van der Waals surface area contributed by atoms with Gasteiger partial charge in [-0.15, -0.1) is 0 Å². The van der Waals surface area contributed by atoms with Gasteiger partial charge >= 0.3 is 7.82 Å². The van der Waals surface area contributed by atoms with Crippen molar-refractivity contribution in [2.45, 2.75) is 56.8 Å². The van der Waals surface area contributed by atoms with Crippen LogP contribution in [0, 0.1) is 0 Å². The normalized spacial score (nSPS) is 20.3. The number of rotatable bonds is 2. The van der Waals surface area contributed by atoms with Gasteiger partial charge in [-0.2, -0.15) is 0 Å². The summed E-state index contributed by atoms with van der Waals surface area (Å²) < 4.78 is 26.1. The van der Waals surface area contributed by atoms with Gasteiger partial charge in [0.2, 0.25) is 0 Å². The van der Waals surface area contributed by atoms with Crippen molar-refractivity contribution in [1.82, 2.24) is 0 Å². The summed E-state index contributed by atoms with van der Waals surface area (Å²) in [5.74, 6) is 0.953. The molecule has 0 aromatic heterocycles. The van der Waals surface area contributed by atoms with Gasteiger partial charge in [-0.25, -0.2) is 4.57 Å². The second kappa shape index (κ2) is 7.62. The zero-order chi connectivity index (χ0) is 26.5. The summed E-state index contributed by atoms with van der Waals surface area (Å²) in [6, 6.07) is 28.4. The summed E-state index contributed by atoms with van der Waals surface area (Å²) in [7, 11) is -4.54. The van der Waals surface area contributed by atoms with Crippen LogP contribution in [0.15, 0.2) is 84.9 Å². The maximum atomic E-state index is 13.8. The molecule has 0 unspecified atom stereocenters. The molecule has 0 fully saturated rings. The van der Waals surface area contributed by atoms with Gasteiger partial charge < -0.3 is 9.05 Å². The monoisotopic (exact) mass is 522 g/mol. The molecule has 0 atom stereocenters. The van der Waals surface area contributed by atoms with Crippen molar-refractivity contribution >= 4 is 7.82 Å². The van der Waals surface area contributed by atoms with Gasteiger partial charge in [-0.1, -0.05) is 113 Å². The van der Waals surface area contributed by atoms with Gasteiger partial charge in [0.05, 0.1) is 0 Å². The minimum absolute atomic E-state index is 0.163. The average molecular weight is 523 g/mol. The topological polar surface area (TPSA) is 55.8 Å². The van der Waals surface area contributed by atoms with Crippen LogP contribution in [-0.4, -0.2) is 4.89 Å². The lowest BCUT2D eigenvalue weighted by atomic mass is 9.71. The Hall–Kier alpha value is -3.33. The van der Waals surface area contributed by atoms with Gasteiger partial charge in [0, 0.05) is 27.7 Å². The van der Waals surface area contributed by atoms with E-state index < -0.39 is 13.2 Å². The molecule has 7 rings (SSSR count). The predicted molar refractivity (Wildman–Crippen MR) is 151 cm³/mol. The van der Waals surface area contributed by atoms with E-state index in [0.29, 0.717) is 11.5 Å². The molecule has 1 aliphatic heterocycles. The van der Waals surface area contributed by atoms with Crippen LogP contribution in [0.1, 0.15) is 62.8 Å². The van der Waals surface area contributed by atoms with E-state index in [1.165, 1.54) is 11.1 Å². The summed E-state index contributed by atoms with van der Waals surface area (Å²) >= 11 is 0. The largest absolute Gasteiger partial charge is 0.584 e. The van der Waals surface area contributed by atoms with Crippen LogP contribution >= 0.6 is 7.82 Å². The second-order valence-electron chi connectivity index (χ2n) is 12.3. The van der Waals surface area contributed by atoms with Gasteiger partial charge in [0.15, 0.2) is 0 Å². The van der Waals surface area contributed by atoms with E-state index in [0.717, 1.165) is 46.2 Å². The molecule has 192 valence electrons. The van der Waals surface area contributed by atoms with Crippen molar-refractivity contribution in [2.24, 2.45) is 0 Å². The first-order chi connectivity index (χ1) is 18.0. The Labute approximate surface area is 223 Å². The number of phosphoric acid groups is 1. The van der Waals surface area contributed by atoms with E-state index in [1.54, 1.807) is 0 Å². The highest BCUT2D eigenvalue weighted by molar-refractivity contribution is 7.48. The number of phosphoric ester groups is 1. The van der Waals surface area contributed by atoms with Crippen LogP contribution < -0.4 is 9.05 Å². The molecule has 4 nitrogen and oxygen atoms in total. The third-order valence-corrected chi connectivity index (χ3v) is 9.63. The molecule has 38 heavy (non-hydrogen) atoms. The lowest BCUT2D eigenvalue weighted by molar-refractivity contribution is 0.276. The van der Waals surface area contributed by atoms with E-state index in [-0.39, 0.29) is 10.8 Å². The Morgan fingerprint density at radius 2 is 1.03 bits per heavy atom. The van der Waals surface area contributed by atoms with Gasteiger partial charge in [-0.3, -0.25) is 4.89 Å². The SMILES string of the molecule is CC1(C)CC23CC(C)(C)c4ccc(-c5ccccc5)c(c42)OP(=O)(O)Oc2c(-c4ccccc4)ccc1c23. The molecule has 4 aromatic rings. The van der Waals surface area contributed by atoms with Crippen LogP contribution in [0.5, 0.6) is 11.5 Å². The van der Waals surface area contributed by atoms with Crippen molar-refractivity contribution in [3.05, 3.63) is 107 Å². The molecule has 1 heterocycles. The van der Waals surface area contributed by atoms with Crippen molar-refractivity contribution in [2.75, 3.05) is 0 Å². The quantitative estimate of drug-likeness (QED) is 0.268. The first-order valence-electron chi connectivity index (χ1n) is 13.2. The highest BCUT2D eigenvalue weighted by Gasteiger charge is 2.61. The lowest BCUT2D eigenvalue weighted by Gasteiger charge is -2.35. The summed E-state index contributed by atoms with van der Waals surface area (Å²) in [4.78, 5) is 11.3. The zero-order valence-corrected chi connectivity index (χ0v) is 23.0. The molecule has 4 aromatic carbocycles. The molecular weight excluding hydrogens is 491 g/mol. The Bertz CT molecular complexity index is 1530. The molecule has 1 N–H and O–H groups in total. The average Bonchev–Trinajstić information content (AvgIpc) is 3.24. The number of hydrogen-bond donors (Lipinski definition) is 1. The molecule has 0 saturated heterocycles. The molecule has 2 aliphatic carbocycles. The first-order valence-corrected chi connectivity index (χ1v) is 14.7. The Morgan fingerprint density at radius 1 is 0.632 bits per heavy atom. The van der Waals surface area contributed by atoms with Gasteiger partial charge in [-0.05, 0) is 45.9 Å². The molecule has 0 radical (unpaired) electrons. The fourth-order valence-electron chi connectivity index (χ4n) is 7.61. The standard InChI is InChI=1S/C33H31O4P/c1-31(2)19-33-20-32(3,4)26-18-16-24(22-13-9-6-10-14-22)30(28(26)33)37-38(34,35)36-29-23(15-17-25(31)27(29)33)21-11-7-5-8-12-21/h5-18H,19-20H2,1-4H3,(H,34,35). The van der Waals surface area contributed by atoms with Crippen molar-refractivity contribution in [3.63, 3.8) is 0 Å². The van der Waals surface area contributed by atoms with E-state index in [2.05, 4.69) is 39.8 Å². The number of hydrogen-bond acceptors (Lipinski definition) is 3. The molecule has 3 aliphatic rings. The Kier molecular flexibility index (Phi) is 4.77. The highest BCUT2D eigenvalue weighted by Crippen LogP contribution is 2.70. The van der Waals surface area contributed by atoms with Gasteiger partial charge in [0.25, 0.3) is 0 Å². The smallest absolute Gasteiger partial charge is 0.394 e. The van der Waals surface area contributed by atoms with E-state index in [1.807, 2.05) is 72.8 Å². The van der Waals surface area contributed by atoms with Gasteiger partial charge in [0.1, 0.15) is 11.5 Å². The molecule has 0 bridgehead atoms. The summed E-state index contributed by atoms with van der Waals surface area (Å²) in [5.41, 5.74) is 7.21. The minimum Gasteiger partial charge on any atom is -0.394 e. The summed E-state index contributed by atoms with van der Waals surface area (Å²) in [6.07, 6.45) is 1.73. The fraction of sp³-hybridized carbons (Fsp3) is 0.273. The molecule has 0 saturated carbocycles. The second-order valence-corrected chi connectivity index (χ2v) is 13.6. The molecule has 1 spiro atoms. The lowest BCUT2D eigenvalue weighted by Crippen LogP contribution is -2.29. The Morgan fingerprint density at radius 3 is 1.42 bits per heavy atom. The van der Waals surface area contributed by atoms with E-state index >= 15 is 0 Å². The Balaban J connectivity index is 1.64. The summed E-state index contributed by atoms with van der Waals surface area (Å²) in [5, 5.41) is 0. The fourth-order valence-corrected chi connectivity index (χ4v) is 8.49. The maximum Gasteiger partial charge on any atom is 0.584 e. The first kappa shape index (κ1) is 23.8. The molecular formula is C33H31O4P. The zero-order valence-electron chi connectivity index (χ0n) is 22.1. The van der Waals surface area contributed by atoms with Crippen molar-refractivity contribution in [1.29, 1.82) is 0 Å². The van der Waals surface area contributed by atoms with E-state index in [4.69, 9.17) is 9.05 Å². The highest BCUT2D eigenvalue weighted by atomic mass is 31.2. The van der Waals surface area contributed by atoms with Crippen LogP contribution in [0.3, 0.4) is 0 Å². The third-order valence-electron chi connectivity index (χ3n) is 8.80.